The molecule has 2 heterocycles. The molecule has 1 aliphatic rings. The summed E-state index contributed by atoms with van der Waals surface area (Å²) in [7, 11) is 0. The molecule has 1 aromatic heterocycles. The molecular weight excluding hydrogens is 262 g/mol. The van der Waals surface area contributed by atoms with Gasteiger partial charge in [0.2, 0.25) is 0 Å². The van der Waals surface area contributed by atoms with E-state index in [9.17, 15) is 4.79 Å². The SMILES string of the molecule is Cc1sc(N)nc1-c1ccc2c(c1)NC(=O)[C@@H](C)O2. The van der Waals surface area contributed by atoms with Crippen LogP contribution >= 0.6 is 11.3 Å². The third-order valence-electron chi connectivity index (χ3n) is 3.00. The van der Waals surface area contributed by atoms with E-state index in [1.807, 2.05) is 25.1 Å². The largest absolute Gasteiger partial charge is 0.479 e. The van der Waals surface area contributed by atoms with Crippen LogP contribution in [0.3, 0.4) is 0 Å². The zero-order chi connectivity index (χ0) is 13.6. The average Bonchev–Trinajstić information content (AvgIpc) is 2.69. The highest BCUT2D eigenvalue weighted by Gasteiger charge is 2.24. The Kier molecular flexibility index (Phi) is 2.67. The van der Waals surface area contributed by atoms with Crippen molar-refractivity contribution in [3.8, 4) is 17.0 Å². The second kappa shape index (κ2) is 4.24. The third-order valence-corrected chi connectivity index (χ3v) is 3.80. The number of benzene rings is 1. The zero-order valence-corrected chi connectivity index (χ0v) is 11.4. The van der Waals surface area contributed by atoms with E-state index in [0.717, 1.165) is 16.1 Å². The minimum absolute atomic E-state index is 0.140. The number of anilines is 2. The van der Waals surface area contributed by atoms with Gasteiger partial charge in [-0.2, -0.15) is 0 Å². The van der Waals surface area contributed by atoms with Gasteiger partial charge >= 0.3 is 0 Å². The number of thiazole rings is 1. The Balaban J connectivity index is 2.05. The van der Waals surface area contributed by atoms with E-state index in [0.29, 0.717) is 16.6 Å². The number of carbonyl (C=O) groups is 1. The molecule has 3 N–H and O–H groups in total. The lowest BCUT2D eigenvalue weighted by molar-refractivity contribution is -0.122. The molecule has 19 heavy (non-hydrogen) atoms. The topological polar surface area (TPSA) is 77.2 Å². The van der Waals surface area contributed by atoms with Crippen molar-refractivity contribution < 1.29 is 9.53 Å². The summed E-state index contributed by atoms with van der Waals surface area (Å²) in [4.78, 5) is 17.0. The highest BCUT2D eigenvalue weighted by Crippen LogP contribution is 2.36. The van der Waals surface area contributed by atoms with Crippen LogP contribution < -0.4 is 15.8 Å². The molecule has 5 nitrogen and oxygen atoms in total. The number of nitrogens with zero attached hydrogens (tertiary/aromatic N) is 1. The molecule has 0 saturated heterocycles. The maximum Gasteiger partial charge on any atom is 0.265 e. The molecule has 0 radical (unpaired) electrons. The summed E-state index contributed by atoms with van der Waals surface area (Å²) in [6.07, 6.45) is -0.463. The first-order chi connectivity index (χ1) is 9.04. The fourth-order valence-corrected chi connectivity index (χ4v) is 2.75. The van der Waals surface area contributed by atoms with Crippen LogP contribution in [0, 0.1) is 6.92 Å². The molecule has 6 heteroatoms. The lowest BCUT2D eigenvalue weighted by Gasteiger charge is -2.23. The van der Waals surface area contributed by atoms with Crippen molar-refractivity contribution in [3.63, 3.8) is 0 Å². The Bertz CT molecular complexity index is 666. The molecule has 0 unspecified atom stereocenters. The molecule has 0 bridgehead atoms. The third kappa shape index (κ3) is 2.04. The van der Waals surface area contributed by atoms with Crippen LogP contribution in [-0.4, -0.2) is 17.0 Å². The fraction of sp³-hybridized carbons (Fsp3) is 0.231. The van der Waals surface area contributed by atoms with Gasteiger partial charge in [-0.25, -0.2) is 4.98 Å². The van der Waals surface area contributed by atoms with E-state index in [2.05, 4.69) is 10.3 Å². The molecule has 2 aromatic rings. The Morgan fingerprint density at radius 2 is 2.26 bits per heavy atom. The normalized spacial score (nSPS) is 17.6. The molecule has 1 amide bonds. The number of carbonyl (C=O) groups excluding carboxylic acids is 1. The quantitative estimate of drug-likeness (QED) is 0.838. The number of aromatic nitrogens is 1. The van der Waals surface area contributed by atoms with Gasteiger partial charge in [-0.1, -0.05) is 0 Å². The molecule has 1 aliphatic heterocycles. The van der Waals surface area contributed by atoms with Gasteiger partial charge < -0.3 is 15.8 Å². The predicted molar refractivity (Wildman–Crippen MR) is 75.4 cm³/mol. The van der Waals surface area contributed by atoms with Gasteiger partial charge in [0.25, 0.3) is 5.91 Å². The van der Waals surface area contributed by atoms with E-state index in [1.165, 1.54) is 11.3 Å². The summed E-state index contributed by atoms with van der Waals surface area (Å²) in [5, 5.41) is 3.37. The van der Waals surface area contributed by atoms with Crippen LogP contribution in [0.4, 0.5) is 10.8 Å². The highest BCUT2D eigenvalue weighted by atomic mass is 32.1. The van der Waals surface area contributed by atoms with Gasteiger partial charge in [0.1, 0.15) is 5.75 Å². The van der Waals surface area contributed by atoms with Gasteiger partial charge in [-0.3, -0.25) is 4.79 Å². The van der Waals surface area contributed by atoms with Crippen LogP contribution in [0.2, 0.25) is 0 Å². The average molecular weight is 275 g/mol. The van der Waals surface area contributed by atoms with E-state index < -0.39 is 6.10 Å². The van der Waals surface area contributed by atoms with Crippen LogP contribution in [0.15, 0.2) is 18.2 Å². The Hall–Kier alpha value is -2.08. The summed E-state index contributed by atoms with van der Waals surface area (Å²) in [6.45, 7) is 3.69. The number of ether oxygens (including phenoxy) is 1. The van der Waals surface area contributed by atoms with Gasteiger partial charge in [0.15, 0.2) is 11.2 Å². The molecule has 1 aromatic carbocycles. The number of amides is 1. The van der Waals surface area contributed by atoms with E-state index in [4.69, 9.17) is 10.5 Å². The van der Waals surface area contributed by atoms with Crippen molar-refractivity contribution in [2.75, 3.05) is 11.1 Å². The number of rotatable bonds is 1. The van der Waals surface area contributed by atoms with E-state index in [1.54, 1.807) is 6.92 Å². The predicted octanol–water partition coefficient (Wildman–Crippen LogP) is 2.42. The van der Waals surface area contributed by atoms with Crippen molar-refractivity contribution in [3.05, 3.63) is 23.1 Å². The van der Waals surface area contributed by atoms with Gasteiger partial charge in [-0.05, 0) is 32.0 Å². The number of nitrogen functional groups attached to an aromatic ring is 1. The molecular formula is C13H13N3O2S. The zero-order valence-electron chi connectivity index (χ0n) is 10.6. The first kappa shape index (κ1) is 12.0. The monoisotopic (exact) mass is 275 g/mol. The minimum Gasteiger partial charge on any atom is -0.479 e. The summed E-state index contributed by atoms with van der Waals surface area (Å²) >= 11 is 1.45. The molecule has 0 saturated carbocycles. The number of hydrogen-bond donors (Lipinski definition) is 2. The van der Waals surface area contributed by atoms with Gasteiger partial charge in [-0.15, -0.1) is 11.3 Å². The smallest absolute Gasteiger partial charge is 0.265 e. The minimum atomic E-state index is -0.463. The molecule has 3 rings (SSSR count). The second-order valence-electron chi connectivity index (χ2n) is 4.42. The van der Waals surface area contributed by atoms with E-state index in [-0.39, 0.29) is 5.91 Å². The highest BCUT2D eigenvalue weighted by molar-refractivity contribution is 7.15. The van der Waals surface area contributed by atoms with E-state index >= 15 is 0 Å². The van der Waals surface area contributed by atoms with Crippen molar-refractivity contribution in [2.45, 2.75) is 20.0 Å². The van der Waals surface area contributed by atoms with Gasteiger partial charge in [0.05, 0.1) is 11.4 Å². The summed E-state index contributed by atoms with van der Waals surface area (Å²) in [6, 6.07) is 5.63. The number of hydrogen-bond acceptors (Lipinski definition) is 5. The lowest BCUT2D eigenvalue weighted by atomic mass is 10.1. The molecule has 98 valence electrons. The van der Waals surface area contributed by atoms with Crippen molar-refractivity contribution in [1.29, 1.82) is 0 Å². The number of aryl methyl sites for hydroxylation is 1. The number of fused-ring (bicyclic) bond motifs is 1. The molecule has 0 spiro atoms. The van der Waals surface area contributed by atoms with Crippen molar-refractivity contribution in [2.24, 2.45) is 0 Å². The van der Waals surface area contributed by atoms with Crippen LogP contribution in [0.25, 0.3) is 11.3 Å². The maximum absolute atomic E-state index is 11.6. The Morgan fingerprint density at radius 3 is 2.95 bits per heavy atom. The first-order valence-corrected chi connectivity index (χ1v) is 6.71. The number of nitrogens with one attached hydrogen (secondary N) is 1. The van der Waals surface area contributed by atoms with Crippen LogP contribution in [-0.2, 0) is 4.79 Å². The standard InChI is InChI=1S/C13H13N3O2S/c1-6-12(17)15-9-5-8(3-4-10(9)18-6)11-7(2)19-13(14)16-11/h3-6H,1-2H3,(H2,14,16)(H,15,17)/t6-/m1/s1. The fourth-order valence-electron chi connectivity index (χ4n) is 2.04. The van der Waals surface area contributed by atoms with Crippen molar-refractivity contribution in [1.82, 2.24) is 4.98 Å². The van der Waals surface area contributed by atoms with Gasteiger partial charge in [0, 0.05) is 10.4 Å². The Labute approximate surface area is 114 Å². The maximum atomic E-state index is 11.6. The molecule has 1 atom stereocenters. The summed E-state index contributed by atoms with van der Waals surface area (Å²) in [5.41, 5.74) is 8.15. The van der Waals surface area contributed by atoms with Crippen LogP contribution in [0.5, 0.6) is 5.75 Å². The lowest BCUT2D eigenvalue weighted by Crippen LogP contribution is -2.34. The first-order valence-electron chi connectivity index (χ1n) is 5.89. The molecule has 0 aliphatic carbocycles. The molecule has 0 fully saturated rings. The summed E-state index contributed by atoms with van der Waals surface area (Å²) in [5.74, 6) is 0.538. The van der Waals surface area contributed by atoms with Crippen molar-refractivity contribution >= 4 is 28.1 Å². The summed E-state index contributed by atoms with van der Waals surface area (Å²) < 4.78 is 5.52. The Morgan fingerprint density at radius 1 is 1.47 bits per heavy atom. The number of nitrogens with two attached hydrogens (primary N) is 1. The van der Waals surface area contributed by atoms with Crippen LogP contribution in [0.1, 0.15) is 11.8 Å². The second-order valence-corrected chi connectivity index (χ2v) is 5.65.